The maximum atomic E-state index is 12.7. The van der Waals surface area contributed by atoms with Gasteiger partial charge in [0.25, 0.3) is 11.9 Å². The average molecular weight is 542 g/mol. The molecule has 1 heterocycles. The van der Waals surface area contributed by atoms with Gasteiger partial charge in [0, 0.05) is 5.92 Å². The number of fused-ring (bicyclic) bond motifs is 3. The van der Waals surface area contributed by atoms with Gasteiger partial charge in [-0.05, 0) is 34.7 Å². The molecule has 2 unspecified atom stereocenters. The predicted molar refractivity (Wildman–Crippen MR) is 145 cm³/mol. The molecule has 1 aliphatic carbocycles. The lowest BCUT2D eigenvalue weighted by Crippen LogP contribution is -2.48. The van der Waals surface area contributed by atoms with Crippen molar-refractivity contribution in [3.05, 3.63) is 101 Å². The Morgan fingerprint density at radius 3 is 2.23 bits per heavy atom. The molecule has 2 atom stereocenters. The van der Waals surface area contributed by atoms with Gasteiger partial charge in [-0.3, -0.25) is 15.2 Å². The first kappa shape index (κ1) is 26.6. The molecule has 0 spiro atoms. The van der Waals surface area contributed by atoms with Crippen LogP contribution in [0.4, 0.5) is 10.7 Å². The molecule has 0 aliphatic heterocycles. The van der Waals surface area contributed by atoms with Crippen molar-refractivity contribution in [2.45, 2.75) is 31.6 Å². The van der Waals surface area contributed by atoms with E-state index in [1.54, 1.807) is 6.92 Å². The Labute approximate surface area is 229 Å². The molecule has 40 heavy (non-hydrogen) atoms. The second kappa shape index (κ2) is 11.8. The number of aromatic amines is 1. The lowest BCUT2D eigenvalue weighted by molar-refractivity contribution is -0.143. The standard InChI is InChI=1S/C29H27N5O6/c1-17(39-15-18-9-3-2-4-10-18)24(27(36)37)30-26(35)25-31-28(34-33-25)32-29(38)40-16-23-21-13-7-5-11-19(21)20-12-6-8-14-22(20)23/h2-14,17,23-24H,15-16H2,1H3,(H,30,35)(H,36,37)(H2,31,32,33,34,38). The fourth-order valence-corrected chi connectivity index (χ4v) is 4.63. The first-order valence-corrected chi connectivity index (χ1v) is 12.6. The summed E-state index contributed by atoms with van der Waals surface area (Å²) >= 11 is 0. The highest BCUT2D eigenvalue weighted by molar-refractivity contribution is 5.94. The van der Waals surface area contributed by atoms with Crippen molar-refractivity contribution in [3.8, 4) is 11.1 Å². The van der Waals surface area contributed by atoms with Crippen molar-refractivity contribution in [1.82, 2.24) is 20.5 Å². The zero-order chi connectivity index (χ0) is 28.1. The molecule has 4 aromatic rings. The zero-order valence-corrected chi connectivity index (χ0v) is 21.5. The Balaban J connectivity index is 1.16. The number of aromatic nitrogens is 3. The molecule has 2 amide bonds. The van der Waals surface area contributed by atoms with Crippen molar-refractivity contribution < 1.29 is 29.0 Å². The van der Waals surface area contributed by atoms with Gasteiger partial charge in [0.15, 0.2) is 6.04 Å². The van der Waals surface area contributed by atoms with Crippen LogP contribution in [0.1, 0.15) is 40.2 Å². The Morgan fingerprint density at radius 2 is 1.57 bits per heavy atom. The molecule has 1 aromatic heterocycles. The lowest BCUT2D eigenvalue weighted by Gasteiger charge is -2.21. The minimum Gasteiger partial charge on any atom is -0.480 e. The normalized spacial score (nSPS) is 13.5. The van der Waals surface area contributed by atoms with E-state index in [0.717, 1.165) is 27.8 Å². The largest absolute Gasteiger partial charge is 0.480 e. The molecular weight excluding hydrogens is 514 g/mol. The molecule has 0 bridgehead atoms. The summed E-state index contributed by atoms with van der Waals surface area (Å²) in [7, 11) is 0. The number of nitrogens with zero attached hydrogens (tertiary/aromatic N) is 2. The Bertz CT molecular complexity index is 1480. The van der Waals surface area contributed by atoms with Crippen LogP contribution in [-0.4, -0.2) is 57.0 Å². The Hall–Kier alpha value is -5.03. The first-order chi connectivity index (χ1) is 19.4. The number of rotatable bonds is 10. The van der Waals surface area contributed by atoms with Crippen molar-refractivity contribution >= 4 is 23.9 Å². The van der Waals surface area contributed by atoms with Crippen molar-refractivity contribution in [1.29, 1.82) is 0 Å². The third kappa shape index (κ3) is 5.84. The summed E-state index contributed by atoms with van der Waals surface area (Å²) in [6, 6.07) is 23.8. The van der Waals surface area contributed by atoms with E-state index in [2.05, 4.69) is 25.8 Å². The molecule has 1 aliphatic rings. The van der Waals surface area contributed by atoms with E-state index in [1.165, 1.54) is 0 Å². The van der Waals surface area contributed by atoms with E-state index >= 15 is 0 Å². The molecule has 204 valence electrons. The predicted octanol–water partition coefficient (Wildman–Crippen LogP) is 3.95. The highest BCUT2D eigenvalue weighted by atomic mass is 16.5. The van der Waals surface area contributed by atoms with Crippen LogP contribution < -0.4 is 10.6 Å². The van der Waals surface area contributed by atoms with Gasteiger partial charge in [0.2, 0.25) is 5.82 Å². The van der Waals surface area contributed by atoms with Crippen molar-refractivity contribution in [3.63, 3.8) is 0 Å². The lowest BCUT2D eigenvalue weighted by atomic mass is 9.98. The third-order valence-electron chi connectivity index (χ3n) is 6.64. The molecule has 0 radical (unpaired) electrons. The fourth-order valence-electron chi connectivity index (χ4n) is 4.63. The number of hydrogen-bond acceptors (Lipinski definition) is 7. The van der Waals surface area contributed by atoms with Crippen LogP contribution in [0, 0.1) is 0 Å². The molecule has 3 aromatic carbocycles. The summed E-state index contributed by atoms with van der Waals surface area (Å²) in [5, 5.41) is 20.6. The van der Waals surface area contributed by atoms with E-state index in [4.69, 9.17) is 9.47 Å². The number of carboxylic acids is 1. The third-order valence-corrected chi connectivity index (χ3v) is 6.64. The van der Waals surface area contributed by atoms with E-state index in [-0.39, 0.29) is 30.9 Å². The highest BCUT2D eigenvalue weighted by Gasteiger charge is 2.30. The van der Waals surface area contributed by atoms with Gasteiger partial charge in [-0.2, -0.15) is 4.98 Å². The highest BCUT2D eigenvalue weighted by Crippen LogP contribution is 2.44. The van der Waals surface area contributed by atoms with Gasteiger partial charge in [-0.1, -0.05) is 78.9 Å². The number of H-pyrrole nitrogens is 1. The van der Waals surface area contributed by atoms with Crippen LogP contribution in [0.25, 0.3) is 11.1 Å². The van der Waals surface area contributed by atoms with Crippen LogP contribution in [0.2, 0.25) is 0 Å². The van der Waals surface area contributed by atoms with Gasteiger partial charge in [0.1, 0.15) is 6.61 Å². The summed E-state index contributed by atoms with van der Waals surface area (Å²) in [5.74, 6) is -2.69. The fraction of sp³-hybridized carbons (Fsp3) is 0.207. The Morgan fingerprint density at radius 1 is 0.950 bits per heavy atom. The van der Waals surface area contributed by atoms with E-state index < -0.39 is 30.1 Å². The van der Waals surface area contributed by atoms with Gasteiger partial charge in [-0.15, -0.1) is 5.10 Å². The molecular formula is C29H27N5O6. The average Bonchev–Trinajstić information content (AvgIpc) is 3.56. The minimum absolute atomic E-state index is 0.0960. The summed E-state index contributed by atoms with van der Waals surface area (Å²) in [4.78, 5) is 40.9. The molecule has 0 fully saturated rings. The maximum absolute atomic E-state index is 12.7. The number of carbonyl (C=O) groups is 3. The quantitative estimate of drug-likeness (QED) is 0.235. The van der Waals surface area contributed by atoms with E-state index in [0.29, 0.717) is 0 Å². The molecule has 0 saturated heterocycles. The first-order valence-electron chi connectivity index (χ1n) is 12.6. The number of carboxylic acid groups (broad SMARTS) is 1. The van der Waals surface area contributed by atoms with Crippen LogP contribution in [-0.2, 0) is 20.9 Å². The van der Waals surface area contributed by atoms with Crippen LogP contribution in [0.5, 0.6) is 0 Å². The molecule has 0 saturated carbocycles. The second-order valence-corrected chi connectivity index (χ2v) is 9.25. The van der Waals surface area contributed by atoms with Crippen molar-refractivity contribution in [2.24, 2.45) is 0 Å². The molecule has 4 N–H and O–H groups in total. The summed E-state index contributed by atoms with van der Waals surface area (Å²) in [6.07, 6.45) is -1.64. The number of carbonyl (C=O) groups excluding carboxylic acids is 2. The van der Waals surface area contributed by atoms with Gasteiger partial charge in [0.05, 0.1) is 12.7 Å². The monoisotopic (exact) mass is 541 g/mol. The van der Waals surface area contributed by atoms with Gasteiger partial charge < -0.3 is 19.9 Å². The second-order valence-electron chi connectivity index (χ2n) is 9.25. The van der Waals surface area contributed by atoms with Crippen LogP contribution >= 0.6 is 0 Å². The molecule has 5 rings (SSSR count). The summed E-state index contributed by atoms with van der Waals surface area (Å²) in [6.45, 7) is 1.82. The number of nitrogens with one attached hydrogen (secondary N) is 3. The van der Waals surface area contributed by atoms with Gasteiger partial charge >= 0.3 is 12.1 Å². The topological polar surface area (TPSA) is 156 Å². The van der Waals surface area contributed by atoms with Crippen LogP contribution in [0.3, 0.4) is 0 Å². The van der Waals surface area contributed by atoms with E-state index in [9.17, 15) is 19.5 Å². The minimum atomic E-state index is -1.35. The SMILES string of the molecule is CC(OCc1ccccc1)C(NC(=O)c1nc(NC(=O)OCC2c3ccccc3-c3ccccc32)n[nH]1)C(=O)O. The molecule has 11 nitrogen and oxygen atoms in total. The number of benzene rings is 3. The smallest absolute Gasteiger partial charge is 0.414 e. The number of hydrogen-bond donors (Lipinski definition) is 4. The Kier molecular flexibility index (Phi) is 7.83. The number of anilines is 1. The maximum Gasteiger partial charge on any atom is 0.414 e. The van der Waals surface area contributed by atoms with Crippen LogP contribution in [0.15, 0.2) is 78.9 Å². The number of amides is 2. The zero-order valence-electron chi connectivity index (χ0n) is 21.5. The number of ether oxygens (including phenoxy) is 2. The number of aliphatic carboxylic acids is 1. The van der Waals surface area contributed by atoms with Crippen molar-refractivity contribution in [2.75, 3.05) is 11.9 Å². The van der Waals surface area contributed by atoms with E-state index in [1.807, 2.05) is 78.9 Å². The van der Waals surface area contributed by atoms with Gasteiger partial charge in [-0.25, -0.2) is 9.59 Å². The molecule has 11 heteroatoms. The summed E-state index contributed by atoms with van der Waals surface area (Å²) < 4.78 is 11.1. The summed E-state index contributed by atoms with van der Waals surface area (Å²) in [5.41, 5.74) is 5.22.